The van der Waals surface area contributed by atoms with Gasteiger partial charge in [-0.25, -0.2) is 0 Å². The van der Waals surface area contributed by atoms with E-state index in [-0.39, 0.29) is 0 Å². The summed E-state index contributed by atoms with van der Waals surface area (Å²) < 4.78 is 0. The predicted molar refractivity (Wildman–Crippen MR) is 107 cm³/mol. The van der Waals surface area contributed by atoms with Crippen molar-refractivity contribution in [2.75, 3.05) is 45.8 Å². The zero-order valence-electron chi connectivity index (χ0n) is 16.1. The topological polar surface area (TPSA) is 29.2 Å². The number of nitrogens with one attached hydrogen (secondary N) is 2. The van der Waals surface area contributed by atoms with Crippen molar-refractivity contribution in [1.29, 1.82) is 0 Å². The third-order valence-corrected chi connectivity index (χ3v) is 6.14. The molecule has 0 spiro atoms. The number of piperazine rings is 1. The van der Waals surface area contributed by atoms with Gasteiger partial charge in [-0.2, -0.15) is 0 Å². The van der Waals surface area contributed by atoms with Crippen molar-refractivity contribution in [3.05, 3.63) is 71.8 Å². The molecule has 2 heterocycles. The van der Waals surface area contributed by atoms with E-state index in [1.165, 1.54) is 42.0 Å². The summed E-state index contributed by atoms with van der Waals surface area (Å²) in [6, 6.07) is 22.0. The van der Waals surface area contributed by atoms with E-state index in [2.05, 4.69) is 65.6 Å². The lowest BCUT2D eigenvalue weighted by Gasteiger charge is -2.37. The lowest BCUT2D eigenvalue weighted by molar-refractivity contribution is -0.929. The Bertz CT molecular complexity index is 680. The first-order valence-corrected chi connectivity index (χ1v) is 10.4. The number of rotatable bonds is 5. The molecule has 2 fully saturated rings. The Morgan fingerprint density at radius 2 is 1.33 bits per heavy atom. The third kappa shape index (κ3) is 4.40. The second kappa shape index (κ2) is 8.68. The summed E-state index contributed by atoms with van der Waals surface area (Å²) in [5, 5.41) is 0. The van der Waals surface area contributed by atoms with Crippen LogP contribution in [0.25, 0.3) is 0 Å². The molecule has 0 aliphatic carbocycles. The molecule has 1 amide bonds. The molecule has 2 aliphatic rings. The average Bonchev–Trinajstić information content (AvgIpc) is 3.23. The van der Waals surface area contributed by atoms with Crippen LogP contribution in [0.3, 0.4) is 0 Å². The van der Waals surface area contributed by atoms with E-state index in [9.17, 15) is 4.79 Å². The molecule has 2 aliphatic heterocycles. The molecule has 2 N–H and O–H groups in total. The molecule has 2 saturated heterocycles. The van der Waals surface area contributed by atoms with Crippen molar-refractivity contribution in [3.63, 3.8) is 0 Å². The molecule has 2 aromatic rings. The normalized spacial score (nSPS) is 18.9. The quantitative estimate of drug-likeness (QED) is 0.778. The Hall–Kier alpha value is -2.17. The molecule has 142 valence electrons. The highest BCUT2D eigenvalue weighted by Crippen LogP contribution is 2.19. The van der Waals surface area contributed by atoms with Gasteiger partial charge in [-0.3, -0.25) is 4.79 Å². The van der Waals surface area contributed by atoms with Crippen LogP contribution >= 0.6 is 0 Å². The fourth-order valence-corrected chi connectivity index (χ4v) is 4.66. The lowest BCUT2D eigenvalue weighted by Crippen LogP contribution is -3.15. The molecule has 27 heavy (non-hydrogen) atoms. The first-order chi connectivity index (χ1) is 13.3. The molecule has 0 aromatic heterocycles. The van der Waals surface area contributed by atoms with Gasteiger partial charge in [0.1, 0.15) is 6.04 Å². The Balaban J connectivity index is 1.43. The van der Waals surface area contributed by atoms with Crippen LogP contribution in [0.15, 0.2) is 60.7 Å². The minimum atomic E-state index is 0.342. The van der Waals surface area contributed by atoms with Gasteiger partial charge in [0, 0.05) is 24.0 Å². The lowest BCUT2D eigenvalue weighted by atomic mass is 9.96. The molecule has 0 radical (unpaired) electrons. The van der Waals surface area contributed by atoms with E-state index in [0.717, 1.165) is 26.2 Å². The van der Waals surface area contributed by atoms with Crippen molar-refractivity contribution in [2.24, 2.45) is 0 Å². The SMILES string of the molecule is O=C(C[NH+]1CCCC1)N1CC[NH+](C(c2ccccc2)c2ccccc2)CC1. The zero-order valence-corrected chi connectivity index (χ0v) is 16.1. The summed E-state index contributed by atoms with van der Waals surface area (Å²) in [5.74, 6) is 0.349. The van der Waals surface area contributed by atoms with Gasteiger partial charge >= 0.3 is 0 Å². The minimum absolute atomic E-state index is 0.342. The highest BCUT2D eigenvalue weighted by Gasteiger charge is 2.32. The predicted octanol–water partition coefficient (Wildman–Crippen LogP) is 0.182. The number of benzene rings is 2. The van der Waals surface area contributed by atoms with Crippen LogP contribution < -0.4 is 9.80 Å². The van der Waals surface area contributed by atoms with Gasteiger partial charge in [0.2, 0.25) is 0 Å². The molecule has 4 heteroatoms. The number of quaternary nitrogens is 2. The van der Waals surface area contributed by atoms with Crippen LogP contribution in [0.1, 0.15) is 30.0 Å². The van der Waals surface area contributed by atoms with Crippen LogP contribution in [0.4, 0.5) is 0 Å². The Morgan fingerprint density at radius 3 is 1.85 bits per heavy atom. The van der Waals surface area contributed by atoms with Gasteiger partial charge in [0.25, 0.3) is 5.91 Å². The summed E-state index contributed by atoms with van der Waals surface area (Å²) in [5.41, 5.74) is 2.72. The first kappa shape index (κ1) is 18.2. The Kier molecular flexibility index (Phi) is 5.85. The van der Waals surface area contributed by atoms with Crippen molar-refractivity contribution in [1.82, 2.24) is 4.90 Å². The van der Waals surface area contributed by atoms with E-state index < -0.39 is 0 Å². The standard InChI is InChI=1S/C23H29N3O/c27-22(19-24-13-7-8-14-24)25-15-17-26(18-16-25)23(20-9-3-1-4-10-20)21-11-5-2-6-12-21/h1-6,9-12,23H,7-8,13-19H2/p+2. The molecule has 4 nitrogen and oxygen atoms in total. The second-order valence-electron chi connectivity index (χ2n) is 7.93. The zero-order chi connectivity index (χ0) is 18.5. The van der Waals surface area contributed by atoms with E-state index in [0.29, 0.717) is 18.5 Å². The van der Waals surface area contributed by atoms with E-state index in [4.69, 9.17) is 0 Å². The van der Waals surface area contributed by atoms with Crippen LogP contribution in [0.5, 0.6) is 0 Å². The molecule has 0 atom stereocenters. The summed E-state index contributed by atoms with van der Waals surface area (Å²) in [4.78, 5) is 17.8. The molecular formula is C23H31N3O+2. The number of carbonyl (C=O) groups excluding carboxylic acids is 1. The highest BCUT2D eigenvalue weighted by atomic mass is 16.2. The van der Waals surface area contributed by atoms with Crippen LogP contribution in [-0.4, -0.2) is 56.6 Å². The number of hydrogen-bond acceptors (Lipinski definition) is 1. The van der Waals surface area contributed by atoms with Crippen molar-refractivity contribution < 1.29 is 14.6 Å². The van der Waals surface area contributed by atoms with Crippen molar-refractivity contribution in [2.45, 2.75) is 18.9 Å². The van der Waals surface area contributed by atoms with Crippen molar-refractivity contribution >= 4 is 5.91 Å². The number of nitrogens with zero attached hydrogens (tertiary/aromatic N) is 1. The van der Waals surface area contributed by atoms with E-state index in [1.807, 2.05) is 0 Å². The fourth-order valence-electron chi connectivity index (χ4n) is 4.66. The maximum absolute atomic E-state index is 12.7. The highest BCUT2D eigenvalue weighted by molar-refractivity contribution is 5.77. The smallest absolute Gasteiger partial charge is 0.278 e. The van der Waals surface area contributed by atoms with Crippen molar-refractivity contribution in [3.8, 4) is 0 Å². The summed E-state index contributed by atoms with van der Waals surface area (Å²) >= 11 is 0. The largest absolute Gasteiger partial charge is 0.327 e. The molecule has 0 saturated carbocycles. The van der Waals surface area contributed by atoms with Gasteiger partial charge in [-0.1, -0.05) is 60.7 Å². The summed E-state index contributed by atoms with van der Waals surface area (Å²) in [6.07, 6.45) is 2.55. The molecule has 2 aromatic carbocycles. The van der Waals surface area contributed by atoms with Gasteiger partial charge in [0.15, 0.2) is 6.54 Å². The first-order valence-electron chi connectivity index (χ1n) is 10.4. The number of likely N-dealkylation sites (tertiary alicyclic amines) is 1. The molecule has 0 bridgehead atoms. The average molecular weight is 366 g/mol. The second-order valence-corrected chi connectivity index (χ2v) is 7.93. The fraction of sp³-hybridized carbons (Fsp3) is 0.435. The Morgan fingerprint density at radius 1 is 0.815 bits per heavy atom. The van der Waals surface area contributed by atoms with Gasteiger partial charge in [-0.15, -0.1) is 0 Å². The number of amides is 1. The van der Waals surface area contributed by atoms with E-state index >= 15 is 0 Å². The molecule has 0 unspecified atom stereocenters. The number of hydrogen-bond donors (Lipinski definition) is 2. The van der Waals surface area contributed by atoms with Gasteiger partial charge in [-0.05, 0) is 0 Å². The summed E-state index contributed by atoms with van der Waals surface area (Å²) in [7, 11) is 0. The third-order valence-electron chi connectivity index (χ3n) is 6.14. The minimum Gasteiger partial charge on any atom is -0.327 e. The maximum atomic E-state index is 12.7. The molecular weight excluding hydrogens is 334 g/mol. The number of carbonyl (C=O) groups is 1. The van der Waals surface area contributed by atoms with Crippen LogP contribution in [0, 0.1) is 0 Å². The molecule has 4 rings (SSSR count). The monoisotopic (exact) mass is 365 g/mol. The summed E-state index contributed by atoms with van der Waals surface area (Å²) in [6.45, 7) is 6.79. The maximum Gasteiger partial charge on any atom is 0.278 e. The van der Waals surface area contributed by atoms with Gasteiger partial charge in [0.05, 0.1) is 39.3 Å². The van der Waals surface area contributed by atoms with Crippen LogP contribution in [0.2, 0.25) is 0 Å². The van der Waals surface area contributed by atoms with Crippen LogP contribution in [-0.2, 0) is 4.79 Å². The van der Waals surface area contributed by atoms with Gasteiger partial charge < -0.3 is 14.7 Å². The Labute approximate surface area is 162 Å². The van der Waals surface area contributed by atoms with E-state index in [1.54, 1.807) is 4.90 Å².